The number of esters is 1. The zero-order valence-electron chi connectivity index (χ0n) is 20.7. The SMILES string of the molecule is Cc1ccc(C)c(C(=O)c2ccccc2C(=O)OCC(=O)N[C@H](c2ccc(F)cc2)c2nccn2C)c1. The lowest BCUT2D eigenvalue weighted by Gasteiger charge is -2.19. The molecule has 1 amide bonds. The quantitative estimate of drug-likeness (QED) is 0.285. The summed E-state index contributed by atoms with van der Waals surface area (Å²) in [6.07, 6.45) is 3.31. The molecule has 7 nitrogen and oxygen atoms in total. The van der Waals surface area contributed by atoms with Gasteiger partial charge in [-0.15, -0.1) is 0 Å². The van der Waals surface area contributed by atoms with E-state index in [0.29, 0.717) is 17.0 Å². The fourth-order valence-electron chi connectivity index (χ4n) is 4.00. The molecule has 4 rings (SSSR count). The molecule has 1 aromatic heterocycles. The van der Waals surface area contributed by atoms with Gasteiger partial charge in [0.1, 0.15) is 17.7 Å². The summed E-state index contributed by atoms with van der Waals surface area (Å²) in [5.74, 6) is -1.56. The Balaban J connectivity index is 1.50. The third-order valence-electron chi connectivity index (χ3n) is 5.99. The van der Waals surface area contributed by atoms with Gasteiger partial charge in [0.05, 0.1) is 5.56 Å². The monoisotopic (exact) mass is 499 g/mol. The molecule has 0 spiro atoms. The number of rotatable bonds is 8. The van der Waals surface area contributed by atoms with Gasteiger partial charge in [-0.2, -0.15) is 0 Å². The van der Waals surface area contributed by atoms with Crippen LogP contribution < -0.4 is 5.32 Å². The van der Waals surface area contributed by atoms with Crippen molar-refractivity contribution in [3.8, 4) is 0 Å². The first kappa shape index (κ1) is 25.5. The van der Waals surface area contributed by atoms with E-state index in [1.54, 1.807) is 60.4 Å². The molecule has 0 radical (unpaired) electrons. The maximum atomic E-state index is 13.5. The van der Waals surface area contributed by atoms with Gasteiger partial charge < -0.3 is 14.6 Å². The molecule has 3 aromatic carbocycles. The summed E-state index contributed by atoms with van der Waals surface area (Å²) >= 11 is 0. The first-order chi connectivity index (χ1) is 17.7. The second kappa shape index (κ2) is 11.0. The molecule has 1 N–H and O–H groups in total. The van der Waals surface area contributed by atoms with Crippen molar-refractivity contribution in [3.63, 3.8) is 0 Å². The highest BCUT2D eigenvalue weighted by Gasteiger charge is 2.24. The first-order valence-corrected chi connectivity index (χ1v) is 11.6. The number of imidazole rings is 1. The van der Waals surface area contributed by atoms with Crippen molar-refractivity contribution in [2.45, 2.75) is 19.9 Å². The Morgan fingerprint density at radius 3 is 2.35 bits per heavy atom. The van der Waals surface area contributed by atoms with Crippen molar-refractivity contribution >= 4 is 17.7 Å². The Bertz CT molecular complexity index is 1460. The highest BCUT2D eigenvalue weighted by atomic mass is 19.1. The van der Waals surface area contributed by atoms with E-state index in [0.717, 1.165) is 11.1 Å². The zero-order valence-corrected chi connectivity index (χ0v) is 20.7. The van der Waals surface area contributed by atoms with E-state index in [4.69, 9.17) is 4.74 Å². The van der Waals surface area contributed by atoms with Crippen molar-refractivity contribution < 1.29 is 23.5 Å². The number of benzene rings is 3. The maximum absolute atomic E-state index is 13.5. The summed E-state index contributed by atoms with van der Waals surface area (Å²) in [7, 11) is 1.77. The number of carbonyl (C=O) groups excluding carboxylic acids is 3. The topological polar surface area (TPSA) is 90.3 Å². The summed E-state index contributed by atoms with van der Waals surface area (Å²) in [5, 5.41) is 2.79. The van der Waals surface area contributed by atoms with Crippen LogP contribution in [0, 0.1) is 19.7 Å². The number of nitrogens with zero attached hydrogens (tertiary/aromatic N) is 2. The van der Waals surface area contributed by atoms with Crippen LogP contribution in [0.1, 0.15) is 54.8 Å². The van der Waals surface area contributed by atoms with Crippen molar-refractivity contribution in [2.24, 2.45) is 7.05 Å². The molecule has 0 bridgehead atoms. The summed E-state index contributed by atoms with van der Waals surface area (Å²) in [6.45, 7) is 3.14. The predicted octanol–water partition coefficient (Wildman–Crippen LogP) is 4.47. The van der Waals surface area contributed by atoms with Gasteiger partial charge in [0.15, 0.2) is 12.4 Å². The van der Waals surface area contributed by atoms with Crippen molar-refractivity contribution in [2.75, 3.05) is 6.61 Å². The van der Waals surface area contributed by atoms with Crippen molar-refractivity contribution in [3.05, 3.63) is 124 Å². The summed E-state index contributed by atoms with van der Waals surface area (Å²) in [5.41, 5.74) is 3.09. The van der Waals surface area contributed by atoms with Crippen LogP contribution in [0.15, 0.2) is 79.1 Å². The molecule has 37 heavy (non-hydrogen) atoms. The highest BCUT2D eigenvalue weighted by molar-refractivity contribution is 6.15. The van der Waals surface area contributed by atoms with Gasteiger partial charge in [0.25, 0.3) is 5.91 Å². The van der Waals surface area contributed by atoms with Crippen LogP contribution in [0.5, 0.6) is 0 Å². The van der Waals surface area contributed by atoms with Crippen LogP contribution in [0.4, 0.5) is 4.39 Å². The molecule has 1 heterocycles. The van der Waals surface area contributed by atoms with Gasteiger partial charge in [-0.25, -0.2) is 14.2 Å². The number of hydrogen-bond acceptors (Lipinski definition) is 5. The van der Waals surface area contributed by atoms with E-state index in [9.17, 15) is 18.8 Å². The van der Waals surface area contributed by atoms with Crippen LogP contribution in [-0.2, 0) is 16.6 Å². The third-order valence-corrected chi connectivity index (χ3v) is 5.99. The number of ketones is 1. The summed E-state index contributed by atoms with van der Waals surface area (Å²) < 4.78 is 20.5. The van der Waals surface area contributed by atoms with E-state index in [1.807, 2.05) is 26.0 Å². The lowest BCUT2D eigenvalue weighted by Crippen LogP contribution is -2.34. The Morgan fingerprint density at radius 2 is 1.68 bits per heavy atom. The standard InChI is InChI=1S/C29H26FN3O4/c1-18-8-9-19(2)24(16-18)27(35)22-6-4-5-7-23(22)29(36)37-17-25(34)32-26(28-31-14-15-33(28)3)20-10-12-21(30)13-11-20/h4-16,26H,17H2,1-3H3,(H,32,34)/t26-/m1/s1. The number of hydrogen-bond donors (Lipinski definition) is 1. The predicted molar refractivity (Wildman–Crippen MR) is 136 cm³/mol. The molecule has 0 saturated carbocycles. The second-order valence-electron chi connectivity index (χ2n) is 8.72. The molecule has 0 saturated heterocycles. The van der Waals surface area contributed by atoms with E-state index < -0.39 is 30.3 Å². The second-order valence-corrected chi connectivity index (χ2v) is 8.72. The normalized spacial score (nSPS) is 11.6. The number of halogens is 1. The minimum absolute atomic E-state index is 0.0698. The van der Waals surface area contributed by atoms with Crippen LogP contribution in [0.3, 0.4) is 0 Å². The van der Waals surface area contributed by atoms with Gasteiger partial charge in [0, 0.05) is 30.6 Å². The van der Waals surface area contributed by atoms with Crippen LogP contribution in [0.25, 0.3) is 0 Å². The van der Waals surface area contributed by atoms with Crippen molar-refractivity contribution in [1.29, 1.82) is 0 Å². The van der Waals surface area contributed by atoms with Gasteiger partial charge in [-0.05, 0) is 49.2 Å². The van der Waals surface area contributed by atoms with Crippen LogP contribution >= 0.6 is 0 Å². The number of nitrogens with one attached hydrogen (secondary N) is 1. The van der Waals surface area contributed by atoms with Crippen LogP contribution in [0.2, 0.25) is 0 Å². The van der Waals surface area contributed by atoms with E-state index >= 15 is 0 Å². The lowest BCUT2D eigenvalue weighted by atomic mass is 9.94. The number of aromatic nitrogens is 2. The molecule has 0 aliphatic rings. The maximum Gasteiger partial charge on any atom is 0.339 e. The molecular weight excluding hydrogens is 473 g/mol. The summed E-state index contributed by atoms with van der Waals surface area (Å²) in [6, 6.07) is 16.9. The molecule has 0 fully saturated rings. The fraction of sp³-hybridized carbons (Fsp3) is 0.172. The Hall–Kier alpha value is -4.59. The smallest absolute Gasteiger partial charge is 0.339 e. The molecule has 0 aliphatic heterocycles. The Kier molecular flexibility index (Phi) is 7.57. The third kappa shape index (κ3) is 5.81. The van der Waals surface area contributed by atoms with Crippen molar-refractivity contribution in [1.82, 2.24) is 14.9 Å². The van der Waals surface area contributed by atoms with E-state index in [1.165, 1.54) is 18.2 Å². The number of aryl methyl sites for hydroxylation is 3. The molecule has 1 atom stereocenters. The zero-order chi connectivity index (χ0) is 26.5. The van der Waals surface area contributed by atoms with E-state index in [2.05, 4.69) is 10.3 Å². The average Bonchev–Trinajstić information content (AvgIpc) is 3.32. The minimum Gasteiger partial charge on any atom is -0.452 e. The molecule has 8 heteroatoms. The highest BCUT2D eigenvalue weighted by Crippen LogP contribution is 2.22. The van der Waals surface area contributed by atoms with Crippen LogP contribution in [-0.4, -0.2) is 33.8 Å². The van der Waals surface area contributed by atoms with Gasteiger partial charge in [-0.3, -0.25) is 9.59 Å². The van der Waals surface area contributed by atoms with E-state index in [-0.39, 0.29) is 16.9 Å². The number of carbonyl (C=O) groups is 3. The molecule has 0 aliphatic carbocycles. The number of amides is 1. The molecule has 188 valence electrons. The minimum atomic E-state index is -0.792. The largest absolute Gasteiger partial charge is 0.452 e. The summed E-state index contributed by atoms with van der Waals surface area (Å²) in [4.78, 5) is 43.3. The average molecular weight is 500 g/mol. The molecule has 4 aromatic rings. The Labute approximate surface area is 213 Å². The van der Waals surface area contributed by atoms with Gasteiger partial charge in [-0.1, -0.05) is 48.0 Å². The Morgan fingerprint density at radius 1 is 0.973 bits per heavy atom. The number of ether oxygens (including phenoxy) is 1. The van der Waals surface area contributed by atoms with Gasteiger partial charge in [0.2, 0.25) is 0 Å². The lowest BCUT2D eigenvalue weighted by molar-refractivity contribution is -0.124. The van der Waals surface area contributed by atoms with Gasteiger partial charge >= 0.3 is 5.97 Å². The fourth-order valence-corrected chi connectivity index (χ4v) is 4.00. The molecule has 0 unspecified atom stereocenters. The molecular formula is C29H26FN3O4. The first-order valence-electron chi connectivity index (χ1n) is 11.6.